The van der Waals surface area contributed by atoms with Crippen molar-refractivity contribution in [1.82, 2.24) is 5.32 Å². The summed E-state index contributed by atoms with van der Waals surface area (Å²) in [6, 6.07) is 14.6. The number of nitrogens with one attached hydrogen (secondary N) is 1. The van der Waals surface area contributed by atoms with Crippen molar-refractivity contribution in [1.29, 1.82) is 0 Å². The van der Waals surface area contributed by atoms with Gasteiger partial charge >= 0.3 is 0 Å². The molecule has 2 aromatic rings. The fourth-order valence-electron chi connectivity index (χ4n) is 6.20. The molecule has 0 radical (unpaired) electrons. The molecule has 0 heterocycles. The average Bonchev–Trinajstić information content (AvgIpc) is 2.65. The SMILES string of the molecule is OC12C[C@H]3C[C@@H](C1)CC(NCc1cccc(OCc4ccc(F)cc4)c1)(C3)C2. The van der Waals surface area contributed by atoms with E-state index in [0.29, 0.717) is 18.4 Å². The molecule has 3 nitrogen and oxygen atoms in total. The summed E-state index contributed by atoms with van der Waals surface area (Å²) >= 11 is 0. The monoisotopic (exact) mass is 381 g/mol. The molecule has 6 rings (SSSR count). The van der Waals surface area contributed by atoms with Crippen molar-refractivity contribution in [3.63, 3.8) is 0 Å². The highest BCUT2D eigenvalue weighted by atomic mass is 19.1. The van der Waals surface area contributed by atoms with Crippen molar-refractivity contribution in [2.45, 2.75) is 62.8 Å². The van der Waals surface area contributed by atoms with Gasteiger partial charge < -0.3 is 15.2 Å². The molecular formula is C24H28FNO2. The molecule has 4 fully saturated rings. The van der Waals surface area contributed by atoms with E-state index in [1.54, 1.807) is 12.1 Å². The van der Waals surface area contributed by atoms with Gasteiger partial charge in [-0.05, 0) is 85.8 Å². The van der Waals surface area contributed by atoms with Crippen molar-refractivity contribution < 1.29 is 14.2 Å². The molecule has 4 aliphatic rings. The predicted octanol–water partition coefficient (Wildman–Crippen LogP) is 4.58. The van der Waals surface area contributed by atoms with Crippen LogP contribution in [0.15, 0.2) is 48.5 Å². The van der Waals surface area contributed by atoms with E-state index in [4.69, 9.17) is 4.74 Å². The number of hydrogen-bond donors (Lipinski definition) is 2. The summed E-state index contributed by atoms with van der Waals surface area (Å²) in [5.41, 5.74) is 1.81. The number of aliphatic hydroxyl groups is 1. The minimum atomic E-state index is -0.433. The highest BCUT2D eigenvalue weighted by Gasteiger charge is 2.56. The van der Waals surface area contributed by atoms with Gasteiger partial charge in [0.2, 0.25) is 0 Å². The van der Waals surface area contributed by atoms with Gasteiger partial charge in [-0.15, -0.1) is 0 Å². The van der Waals surface area contributed by atoms with E-state index < -0.39 is 5.60 Å². The molecule has 0 saturated heterocycles. The molecule has 2 N–H and O–H groups in total. The van der Waals surface area contributed by atoms with Crippen LogP contribution in [0.25, 0.3) is 0 Å². The van der Waals surface area contributed by atoms with E-state index in [9.17, 15) is 9.50 Å². The van der Waals surface area contributed by atoms with Crippen molar-refractivity contribution >= 4 is 0 Å². The van der Waals surface area contributed by atoms with E-state index in [-0.39, 0.29) is 11.4 Å². The first kappa shape index (κ1) is 18.1. The Labute approximate surface area is 165 Å². The molecule has 148 valence electrons. The zero-order valence-electron chi connectivity index (χ0n) is 16.2. The fraction of sp³-hybridized carbons (Fsp3) is 0.500. The van der Waals surface area contributed by atoms with Gasteiger partial charge in [-0.1, -0.05) is 24.3 Å². The summed E-state index contributed by atoms with van der Waals surface area (Å²) in [5.74, 6) is 1.96. The molecule has 4 saturated carbocycles. The van der Waals surface area contributed by atoms with E-state index in [0.717, 1.165) is 37.1 Å². The lowest BCUT2D eigenvalue weighted by atomic mass is 9.51. The number of halogens is 1. The van der Waals surface area contributed by atoms with E-state index in [1.165, 1.54) is 37.0 Å². The quantitative estimate of drug-likeness (QED) is 0.770. The lowest BCUT2D eigenvalue weighted by molar-refractivity contribution is -0.142. The molecular weight excluding hydrogens is 353 g/mol. The highest BCUT2D eigenvalue weighted by Crippen LogP contribution is 2.57. The van der Waals surface area contributed by atoms with Crippen LogP contribution in [0.4, 0.5) is 4.39 Å². The minimum Gasteiger partial charge on any atom is -0.489 e. The Bertz CT molecular complexity index is 836. The summed E-state index contributed by atoms with van der Waals surface area (Å²) in [6.07, 6.45) is 6.60. The zero-order valence-corrected chi connectivity index (χ0v) is 16.2. The van der Waals surface area contributed by atoms with Gasteiger partial charge in [0.1, 0.15) is 18.2 Å². The van der Waals surface area contributed by atoms with Gasteiger partial charge in [-0.3, -0.25) is 0 Å². The molecule has 0 spiro atoms. The molecule has 4 atom stereocenters. The van der Waals surface area contributed by atoms with Crippen molar-refractivity contribution in [2.24, 2.45) is 11.8 Å². The lowest BCUT2D eigenvalue weighted by Crippen LogP contribution is -2.64. The zero-order chi connectivity index (χ0) is 19.2. The smallest absolute Gasteiger partial charge is 0.123 e. The average molecular weight is 381 g/mol. The van der Waals surface area contributed by atoms with Crippen LogP contribution < -0.4 is 10.1 Å². The van der Waals surface area contributed by atoms with Crippen molar-refractivity contribution in [3.8, 4) is 5.75 Å². The van der Waals surface area contributed by atoms with Crippen LogP contribution in [0.2, 0.25) is 0 Å². The maximum absolute atomic E-state index is 13.0. The van der Waals surface area contributed by atoms with Crippen molar-refractivity contribution in [3.05, 3.63) is 65.5 Å². The Morgan fingerprint density at radius 3 is 2.46 bits per heavy atom. The largest absolute Gasteiger partial charge is 0.489 e. The van der Waals surface area contributed by atoms with Gasteiger partial charge in [0.15, 0.2) is 0 Å². The second-order valence-electron chi connectivity index (χ2n) is 9.38. The summed E-state index contributed by atoms with van der Waals surface area (Å²) < 4.78 is 18.9. The number of hydrogen-bond acceptors (Lipinski definition) is 3. The first-order chi connectivity index (χ1) is 13.5. The molecule has 28 heavy (non-hydrogen) atoms. The summed E-state index contributed by atoms with van der Waals surface area (Å²) in [6.45, 7) is 1.22. The maximum Gasteiger partial charge on any atom is 0.123 e. The van der Waals surface area contributed by atoms with Crippen LogP contribution in [0.3, 0.4) is 0 Å². The number of rotatable bonds is 6. The van der Waals surface area contributed by atoms with Crippen LogP contribution in [0.5, 0.6) is 5.75 Å². The van der Waals surface area contributed by atoms with E-state index >= 15 is 0 Å². The van der Waals surface area contributed by atoms with Crippen LogP contribution in [-0.2, 0) is 13.2 Å². The van der Waals surface area contributed by atoms with Gasteiger partial charge in [0, 0.05) is 12.1 Å². The Morgan fingerprint density at radius 2 is 1.75 bits per heavy atom. The van der Waals surface area contributed by atoms with Crippen LogP contribution in [0.1, 0.15) is 49.7 Å². The molecule has 4 bridgehead atoms. The Hall–Kier alpha value is -1.91. The molecule has 0 aromatic heterocycles. The maximum atomic E-state index is 13.0. The molecule has 2 unspecified atom stereocenters. The Morgan fingerprint density at radius 1 is 1.00 bits per heavy atom. The van der Waals surface area contributed by atoms with Gasteiger partial charge in [0.05, 0.1) is 5.60 Å². The first-order valence-electron chi connectivity index (χ1n) is 10.4. The third-order valence-electron chi connectivity index (χ3n) is 6.91. The first-order valence-corrected chi connectivity index (χ1v) is 10.4. The molecule has 4 heteroatoms. The van der Waals surface area contributed by atoms with Crippen molar-refractivity contribution in [2.75, 3.05) is 0 Å². The second kappa shape index (κ2) is 6.85. The molecule has 0 aliphatic heterocycles. The number of ether oxygens (including phenoxy) is 1. The van der Waals surface area contributed by atoms with Gasteiger partial charge in [-0.25, -0.2) is 4.39 Å². The Balaban J connectivity index is 1.22. The van der Waals surface area contributed by atoms with Crippen LogP contribution in [0, 0.1) is 17.7 Å². The Kier molecular flexibility index (Phi) is 4.44. The normalized spacial score (nSPS) is 33.2. The topological polar surface area (TPSA) is 41.5 Å². The number of benzene rings is 2. The van der Waals surface area contributed by atoms with Crippen LogP contribution in [-0.4, -0.2) is 16.2 Å². The summed E-state index contributed by atoms with van der Waals surface area (Å²) in [4.78, 5) is 0. The predicted molar refractivity (Wildman–Crippen MR) is 106 cm³/mol. The third-order valence-corrected chi connectivity index (χ3v) is 6.91. The summed E-state index contributed by atoms with van der Waals surface area (Å²) in [7, 11) is 0. The van der Waals surface area contributed by atoms with Gasteiger partial charge in [0.25, 0.3) is 0 Å². The summed E-state index contributed by atoms with van der Waals surface area (Å²) in [5, 5.41) is 14.7. The van der Waals surface area contributed by atoms with E-state index in [2.05, 4.69) is 17.4 Å². The van der Waals surface area contributed by atoms with Gasteiger partial charge in [-0.2, -0.15) is 0 Å². The molecule has 2 aromatic carbocycles. The molecule has 0 amide bonds. The minimum absolute atomic E-state index is 0.101. The second-order valence-corrected chi connectivity index (χ2v) is 9.38. The standard InChI is InChI=1S/C24H28FNO2/c25-21-6-4-17(5-7-21)15-28-22-3-1-2-18(9-22)14-26-23-10-19-8-20(11-23)13-24(27,12-19)16-23/h1-7,9,19-20,26-27H,8,10-16H2/t19-,20+,23?,24?. The molecule has 4 aliphatic carbocycles. The lowest BCUT2D eigenvalue weighted by Gasteiger charge is -2.60. The highest BCUT2D eigenvalue weighted by molar-refractivity contribution is 5.29. The third kappa shape index (κ3) is 3.68. The van der Waals surface area contributed by atoms with E-state index in [1.807, 2.05) is 12.1 Å². The van der Waals surface area contributed by atoms with Crippen LogP contribution >= 0.6 is 0 Å². The fourth-order valence-corrected chi connectivity index (χ4v) is 6.20.